The van der Waals surface area contributed by atoms with E-state index < -0.39 is 0 Å². The van der Waals surface area contributed by atoms with Crippen molar-refractivity contribution in [2.24, 2.45) is 11.3 Å². The largest absolute Gasteiger partial charge is 0.340 e. The zero-order valence-corrected chi connectivity index (χ0v) is 14.9. The number of carbonyl (C=O) groups is 1. The van der Waals surface area contributed by atoms with E-state index in [9.17, 15) is 10.1 Å². The molecule has 126 valence electrons. The minimum atomic E-state index is -0.158. The summed E-state index contributed by atoms with van der Waals surface area (Å²) < 4.78 is 0. The fourth-order valence-corrected chi connectivity index (χ4v) is 5.29. The van der Waals surface area contributed by atoms with E-state index in [0.717, 1.165) is 30.4 Å². The van der Waals surface area contributed by atoms with Gasteiger partial charge in [-0.05, 0) is 41.4 Å². The molecule has 0 amide bonds. The summed E-state index contributed by atoms with van der Waals surface area (Å²) in [4.78, 5) is 17.7. The van der Waals surface area contributed by atoms with Gasteiger partial charge in [0, 0.05) is 23.3 Å². The number of fused-ring (bicyclic) bond motifs is 3. The number of hydrogen-bond donors (Lipinski definition) is 1. The van der Waals surface area contributed by atoms with Crippen LogP contribution in [-0.4, -0.2) is 11.0 Å². The first-order valence-corrected chi connectivity index (χ1v) is 8.72. The van der Waals surface area contributed by atoms with E-state index in [1.165, 1.54) is 5.56 Å². The molecular weight excluding hydrogens is 288 g/mol. The average Bonchev–Trinajstić information content (AvgIpc) is 2.44. The van der Waals surface area contributed by atoms with Gasteiger partial charge in [-0.2, -0.15) is 0 Å². The Bertz CT molecular complexity index is 645. The second-order valence-electron chi connectivity index (χ2n) is 8.63. The average molecular weight is 316 g/mol. The molecule has 1 fully saturated rings. The maximum atomic E-state index is 13.0. The van der Waals surface area contributed by atoms with Gasteiger partial charge in [0.05, 0.1) is 0 Å². The van der Waals surface area contributed by atoms with Crippen molar-refractivity contribution in [3.8, 4) is 5.75 Å². The molecule has 0 aliphatic heterocycles. The summed E-state index contributed by atoms with van der Waals surface area (Å²) in [5.41, 5.74) is 3.16. The predicted octanol–water partition coefficient (Wildman–Crippen LogP) is 4.87. The Balaban J connectivity index is 2.21. The van der Waals surface area contributed by atoms with E-state index in [1.54, 1.807) is 0 Å². The van der Waals surface area contributed by atoms with Crippen molar-refractivity contribution < 1.29 is 14.9 Å². The molecule has 2 aliphatic carbocycles. The maximum absolute atomic E-state index is 13.0. The molecule has 0 saturated heterocycles. The van der Waals surface area contributed by atoms with Gasteiger partial charge in [0.2, 0.25) is 0 Å². The zero-order valence-electron chi connectivity index (χ0n) is 14.9. The lowest BCUT2D eigenvalue weighted by Crippen LogP contribution is -2.52. The molecule has 2 atom stereocenters. The van der Waals surface area contributed by atoms with E-state index in [1.807, 2.05) is 6.07 Å². The third-order valence-electron chi connectivity index (χ3n) is 6.19. The minimum Gasteiger partial charge on any atom is -0.340 e. The summed E-state index contributed by atoms with van der Waals surface area (Å²) in [7, 11) is 0. The van der Waals surface area contributed by atoms with Gasteiger partial charge in [0.25, 0.3) is 0 Å². The Labute approximate surface area is 139 Å². The van der Waals surface area contributed by atoms with Gasteiger partial charge in [0.1, 0.15) is 5.78 Å². The van der Waals surface area contributed by atoms with Crippen LogP contribution in [0, 0.1) is 11.3 Å². The zero-order chi connectivity index (χ0) is 17.0. The van der Waals surface area contributed by atoms with Crippen molar-refractivity contribution in [3.05, 3.63) is 28.8 Å². The first-order chi connectivity index (χ1) is 10.7. The van der Waals surface area contributed by atoms with Crippen molar-refractivity contribution >= 4 is 5.78 Å². The molecule has 23 heavy (non-hydrogen) atoms. The highest BCUT2D eigenvalue weighted by Gasteiger charge is 2.54. The first-order valence-electron chi connectivity index (χ1n) is 8.72. The fourth-order valence-electron chi connectivity index (χ4n) is 5.29. The highest BCUT2D eigenvalue weighted by molar-refractivity contribution is 5.88. The van der Waals surface area contributed by atoms with E-state index in [2.05, 4.69) is 40.7 Å². The van der Waals surface area contributed by atoms with Crippen LogP contribution in [0.15, 0.2) is 12.1 Å². The van der Waals surface area contributed by atoms with Crippen molar-refractivity contribution in [2.75, 3.05) is 0 Å². The van der Waals surface area contributed by atoms with Crippen LogP contribution >= 0.6 is 0 Å². The second kappa shape index (κ2) is 5.34. The van der Waals surface area contributed by atoms with Gasteiger partial charge >= 0.3 is 0 Å². The Morgan fingerprint density at radius 2 is 1.91 bits per heavy atom. The number of rotatable bonds is 2. The number of Topliss-reactive ketones (excluding diaryl/α,β-unsaturated/α-hetero) is 1. The van der Waals surface area contributed by atoms with E-state index in [0.29, 0.717) is 18.0 Å². The topological polar surface area (TPSA) is 46.5 Å². The third kappa shape index (κ3) is 2.40. The summed E-state index contributed by atoms with van der Waals surface area (Å²) in [6.07, 6.45) is 3.76. The molecule has 1 aromatic rings. The summed E-state index contributed by atoms with van der Waals surface area (Å²) >= 11 is 0. The second-order valence-corrected chi connectivity index (χ2v) is 8.63. The number of ketones is 1. The van der Waals surface area contributed by atoms with Crippen molar-refractivity contribution in [3.63, 3.8) is 0 Å². The lowest BCUT2D eigenvalue weighted by Gasteiger charge is -2.53. The van der Waals surface area contributed by atoms with Crippen LogP contribution in [0.1, 0.15) is 76.5 Å². The molecule has 2 unspecified atom stereocenters. The van der Waals surface area contributed by atoms with Gasteiger partial charge < -0.3 is 4.89 Å². The predicted molar refractivity (Wildman–Crippen MR) is 91.0 cm³/mol. The number of hydrogen-bond acceptors (Lipinski definition) is 3. The minimum absolute atomic E-state index is 0.0265. The van der Waals surface area contributed by atoms with Gasteiger partial charge in [-0.3, -0.25) is 4.79 Å². The molecule has 3 nitrogen and oxygen atoms in total. The van der Waals surface area contributed by atoms with Crippen molar-refractivity contribution in [1.29, 1.82) is 0 Å². The highest BCUT2D eigenvalue weighted by atomic mass is 17.1. The lowest BCUT2D eigenvalue weighted by molar-refractivity contribution is -0.139. The third-order valence-corrected chi connectivity index (χ3v) is 6.19. The summed E-state index contributed by atoms with van der Waals surface area (Å²) in [6, 6.07) is 4.07. The molecule has 0 spiro atoms. The van der Waals surface area contributed by atoms with Gasteiger partial charge in [-0.1, -0.05) is 47.1 Å². The molecule has 0 radical (unpaired) electrons. The molecular formula is C20H28O3. The maximum Gasteiger partial charge on any atom is 0.168 e. The Hall–Kier alpha value is -1.35. The fraction of sp³-hybridized carbons (Fsp3) is 0.650. The standard InChI is InChI=1S/C20H28O3/c1-12(2)14-9-13-10-16(21)18-19(3,4)7-6-8-20(18,5)15(13)11-17(14)23-22/h9,11-12,18,22H,6-8,10H2,1-5H3. The van der Waals surface area contributed by atoms with Crippen LogP contribution in [-0.2, 0) is 16.6 Å². The molecule has 0 aromatic heterocycles. The van der Waals surface area contributed by atoms with Gasteiger partial charge in [-0.15, -0.1) is 0 Å². The van der Waals surface area contributed by atoms with Crippen LogP contribution in [0.4, 0.5) is 0 Å². The van der Waals surface area contributed by atoms with E-state index in [4.69, 9.17) is 4.89 Å². The molecule has 3 heteroatoms. The Morgan fingerprint density at radius 1 is 1.22 bits per heavy atom. The normalized spacial score (nSPS) is 29.2. The van der Waals surface area contributed by atoms with Crippen LogP contribution in [0.3, 0.4) is 0 Å². The molecule has 1 N–H and O–H groups in total. The smallest absolute Gasteiger partial charge is 0.168 e. The number of carbonyl (C=O) groups excluding carboxylic acids is 1. The summed E-state index contributed by atoms with van der Waals surface area (Å²) in [6.45, 7) is 10.8. The van der Waals surface area contributed by atoms with Crippen LogP contribution in [0.2, 0.25) is 0 Å². The molecule has 3 rings (SSSR count). The van der Waals surface area contributed by atoms with Crippen LogP contribution in [0.25, 0.3) is 0 Å². The Kier molecular flexibility index (Phi) is 3.83. The molecule has 1 saturated carbocycles. The van der Waals surface area contributed by atoms with E-state index in [-0.39, 0.29) is 22.7 Å². The highest BCUT2D eigenvalue weighted by Crippen LogP contribution is 2.56. The van der Waals surface area contributed by atoms with Crippen LogP contribution in [0.5, 0.6) is 5.75 Å². The van der Waals surface area contributed by atoms with Crippen LogP contribution < -0.4 is 4.89 Å². The Morgan fingerprint density at radius 3 is 2.52 bits per heavy atom. The SMILES string of the molecule is CC(C)c1cc2c(cc1OO)C1(C)CCCC(C)(C)C1C(=O)C2. The number of benzene rings is 1. The van der Waals surface area contributed by atoms with Gasteiger partial charge in [0.15, 0.2) is 5.75 Å². The molecule has 0 heterocycles. The van der Waals surface area contributed by atoms with Crippen molar-refractivity contribution in [2.45, 2.75) is 71.6 Å². The molecule has 1 aromatic carbocycles. The summed E-state index contributed by atoms with van der Waals surface area (Å²) in [5, 5.41) is 9.34. The lowest BCUT2D eigenvalue weighted by atomic mass is 9.50. The van der Waals surface area contributed by atoms with Crippen molar-refractivity contribution in [1.82, 2.24) is 0 Å². The molecule has 2 aliphatic rings. The monoisotopic (exact) mass is 316 g/mol. The first kappa shape index (κ1) is 16.5. The molecule has 0 bridgehead atoms. The quantitative estimate of drug-likeness (QED) is 0.625. The summed E-state index contributed by atoms with van der Waals surface area (Å²) in [5.74, 6) is 1.20. The van der Waals surface area contributed by atoms with E-state index >= 15 is 0 Å². The van der Waals surface area contributed by atoms with Gasteiger partial charge in [-0.25, -0.2) is 5.26 Å².